The largest absolute Gasteiger partial charge is 0.325 e. The number of carbonyl (C=O) groups excluding carboxylic acids is 1. The maximum atomic E-state index is 13.3. The molecule has 0 atom stereocenters. The minimum Gasteiger partial charge on any atom is -0.325 e. The summed E-state index contributed by atoms with van der Waals surface area (Å²) in [5.41, 5.74) is 0.941. The van der Waals surface area contributed by atoms with E-state index >= 15 is 0 Å². The van der Waals surface area contributed by atoms with Crippen molar-refractivity contribution in [1.82, 2.24) is 15.2 Å². The lowest BCUT2D eigenvalue weighted by Gasteiger charge is -2.05. The van der Waals surface area contributed by atoms with Gasteiger partial charge in [0.05, 0.1) is 16.4 Å². The number of aromatic nitrogens is 3. The molecule has 0 radical (unpaired) electrons. The number of halogens is 1. The lowest BCUT2D eigenvalue weighted by atomic mass is 10.2. The second kappa shape index (κ2) is 8.32. The van der Waals surface area contributed by atoms with Gasteiger partial charge in [0.25, 0.3) is 0 Å². The number of amides is 1. The van der Waals surface area contributed by atoms with Crippen molar-refractivity contribution in [3.8, 4) is 11.3 Å². The minimum atomic E-state index is -0.962. The Morgan fingerprint density at radius 1 is 1.22 bits per heavy atom. The van der Waals surface area contributed by atoms with Crippen LogP contribution in [-0.2, 0) is 4.79 Å². The highest BCUT2D eigenvalue weighted by Crippen LogP contribution is 2.23. The second-order valence-corrected chi connectivity index (χ2v) is 6.25. The standard InChI is InChI=1S/C17H12FN5O3S/c18-13-4-3-12(8-15(13)23(25)26)20-16(24)10-27-17-6-5-14(21-22-17)11-2-1-7-19-9-11/h1-9H,10H2,(H,20,24). The molecule has 0 spiro atoms. The van der Waals surface area contributed by atoms with Crippen molar-refractivity contribution in [2.24, 2.45) is 0 Å². The van der Waals surface area contributed by atoms with E-state index in [-0.39, 0.29) is 11.4 Å². The van der Waals surface area contributed by atoms with Crippen LogP contribution in [0.25, 0.3) is 11.3 Å². The van der Waals surface area contributed by atoms with Crippen LogP contribution in [0.4, 0.5) is 15.8 Å². The molecule has 27 heavy (non-hydrogen) atoms. The molecule has 3 aromatic rings. The molecule has 0 aliphatic carbocycles. The number of carbonyl (C=O) groups is 1. The Hall–Kier alpha value is -3.40. The molecule has 0 fully saturated rings. The van der Waals surface area contributed by atoms with E-state index in [2.05, 4.69) is 20.5 Å². The van der Waals surface area contributed by atoms with Crippen molar-refractivity contribution in [1.29, 1.82) is 0 Å². The molecule has 10 heteroatoms. The van der Waals surface area contributed by atoms with Crippen molar-refractivity contribution in [3.05, 3.63) is 70.8 Å². The van der Waals surface area contributed by atoms with E-state index in [4.69, 9.17) is 0 Å². The molecule has 0 saturated carbocycles. The number of nitrogens with one attached hydrogen (secondary N) is 1. The summed E-state index contributed by atoms with van der Waals surface area (Å²) in [4.78, 5) is 25.9. The molecular weight excluding hydrogens is 373 g/mol. The smallest absolute Gasteiger partial charge is 0.306 e. The maximum absolute atomic E-state index is 13.3. The summed E-state index contributed by atoms with van der Waals surface area (Å²) < 4.78 is 13.3. The number of rotatable bonds is 6. The van der Waals surface area contributed by atoms with Crippen LogP contribution in [0.1, 0.15) is 0 Å². The van der Waals surface area contributed by atoms with E-state index in [0.717, 1.165) is 29.5 Å². The monoisotopic (exact) mass is 385 g/mol. The Balaban J connectivity index is 1.58. The Morgan fingerprint density at radius 2 is 2.07 bits per heavy atom. The number of nitrogens with zero attached hydrogens (tertiary/aromatic N) is 4. The summed E-state index contributed by atoms with van der Waals surface area (Å²) in [6, 6.07) is 10.3. The van der Waals surface area contributed by atoms with Gasteiger partial charge in [0, 0.05) is 29.7 Å². The molecule has 1 aromatic carbocycles. The summed E-state index contributed by atoms with van der Waals surface area (Å²) in [5, 5.41) is 21.9. The van der Waals surface area contributed by atoms with E-state index in [9.17, 15) is 19.3 Å². The fourth-order valence-electron chi connectivity index (χ4n) is 2.13. The topological polar surface area (TPSA) is 111 Å². The van der Waals surface area contributed by atoms with Crippen molar-refractivity contribution in [3.63, 3.8) is 0 Å². The van der Waals surface area contributed by atoms with Crippen LogP contribution in [0.2, 0.25) is 0 Å². The molecular formula is C17H12FN5O3S. The zero-order chi connectivity index (χ0) is 19.2. The normalized spacial score (nSPS) is 10.4. The molecule has 3 rings (SSSR count). The van der Waals surface area contributed by atoms with Gasteiger partial charge in [0.1, 0.15) is 5.03 Å². The van der Waals surface area contributed by atoms with Gasteiger partial charge in [0.15, 0.2) is 0 Å². The van der Waals surface area contributed by atoms with Gasteiger partial charge < -0.3 is 5.32 Å². The molecule has 0 aliphatic rings. The fraction of sp³-hybridized carbons (Fsp3) is 0.0588. The van der Waals surface area contributed by atoms with Gasteiger partial charge in [-0.05, 0) is 36.4 Å². The molecule has 136 valence electrons. The van der Waals surface area contributed by atoms with Crippen LogP contribution in [0.5, 0.6) is 0 Å². The zero-order valence-electron chi connectivity index (χ0n) is 13.7. The van der Waals surface area contributed by atoms with Crippen molar-refractivity contribution >= 4 is 29.0 Å². The third kappa shape index (κ3) is 4.82. The van der Waals surface area contributed by atoms with Crippen LogP contribution in [0.3, 0.4) is 0 Å². The molecule has 0 unspecified atom stereocenters. The van der Waals surface area contributed by atoms with Crippen LogP contribution in [0.15, 0.2) is 59.9 Å². The molecule has 2 aromatic heterocycles. The van der Waals surface area contributed by atoms with Gasteiger partial charge in [-0.25, -0.2) is 0 Å². The van der Waals surface area contributed by atoms with E-state index in [1.54, 1.807) is 30.6 Å². The molecule has 2 heterocycles. The SMILES string of the molecule is O=C(CSc1ccc(-c2cccnc2)nn1)Nc1ccc(F)c([N+](=O)[O-])c1. The summed E-state index contributed by atoms with van der Waals surface area (Å²) in [5.74, 6) is -1.35. The molecule has 0 saturated heterocycles. The molecule has 0 aliphatic heterocycles. The van der Waals surface area contributed by atoms with Crippen molar-refractivity contribution < 1.29 is 14.1 Å². The van der Waals surface area contributed by atoms with Gasteiger partial charge >= 0.3 is 5.69 Å². The maximum Gasteiger partial charge on any atom is 0.306 e. The number of nitro groups is 1. The van der Waals surface area contributed by atoms with E-state index < -0.39 is 22.3 Å². The molecule has 1 N–H and O–H groups in total. The van der Waals surface area contributed by atoms with E-state index in [1.165, 1.54) is 6.07 Å². The average Bonchev–Trinajstić information content (AvgIpc) is 2.69. The molecule has 0 bridgehead atoms. The van der Waals surface area contributed by atoms with Gasteiger partial charge in [0.2, 0.25) is 11.7 Å². The van der Waals surface area contributed by atoms with Crippen molar-refractivity contribution in [2.45, 2.75) is 5.03 Å². The first-order valence-electron chi connectivity index (χ1n) is 7.63. The lowest BCUT2D eigenvalue weighted by molar-refractivity contribution is -0.387. The highest BCUT2D eigenvalue weighted by molar-refractivity contribution is 7.99. The second-order valence-electron chi connectivity index (χ2n) is 5.26. The van der Waals surface area contributed by atoms with Gasteiger partial charge in [-0.2, -0.15) is 4.39 Å². The number of hydrogen-bond acceptors (Lipinski definition) is 7. The number of anilines is 1. The highest BCUT2D eigenvalue weighted by atomic mass is 32.2. The Kier molecular flexibility index (Phi) is 5.67. The predicted octanol–water partition coefficient (Wildman–Crippen LogP) is 3.32. The summed E-state index contributed by atoms with van der Waals surface area (Å²) in [6.45, 7) is 0. The van der Waals surface area contributed by atoms with Gasteiger partial charge in [-0.15, -0.1) is 10.2 Å². The fourth-order valence-corrected chi connectivity index (χ4v) is 2.75. The van der Waals surface area contributed by atoms with Crippen LogP contribution < -0.4 is 5.32 Å². The highest BCUT2D eigenvalue weighted by Gasteiger charge is 2.15. The number of nitro benzene ring substituents is 1. The molecule has 8 nitrogen and oxygen atoms in total. The third-order valence-electron chi connectivity index (χ3n) is 3.38. The Bertz CT molecular complexity index is 970. The van der Waals surface area contributed by atoms with E-state index in [0.29, 0.717) is 10.7 Å². The number of pyridine rings is 1. The summed E-state index contributed by atoms with van der Waals surface area (Å²) in [7, 11) is 0. The van der Waals surface area contributed by atoms with Crippen LogP contribution in [0, 0.1) is 15.9 Å². The number of thioether (sulfide) groups is 1. The van der Waals surface area contributed by atoms with Crippen LogP contribution >= 0.6 is 11.8 Å². The number of hydrogen-bond donors (Lipinski definition) is 1. The lowest BCUT2D eigenvalue weighted by Crippen LogP contribution is -2.14. The first-order valence-corrected chi connectivity index (χ1v) is 8.62. The Labute approximate surface area is 157 Å². The van der Waals surface area contributed by atoms with Gasteiger partial charge in [-0.1, -0.05) is 11.8 Å². The van der Waals surface area contributed by atoms with Gasteiger partial charge in [-0.3, -0.25) is 19.9 Å². The first-order chi connectivity index (χ1) is 13.0. The Morgan fingerprint density at radius 3 is 2.74 bits per heavy atom. The zero-order valence-corrected chi connectivity index (χ0v) is 14.5. The summed E-state index contributed by atoms with van der Waals surface area (Å²) in [6.07, 6.45) is 3.33. The minimum absolute atomic E-state index is 0.0199. The first kappa shape index (κ1) is 18.4. The van der Waals surface area contributed by atoms with Crippen molar-refractivity contribution in [2.75, 3.05) is 11.1 Å². The van der Waals surface area contributed by atoms with Crippen LogP contribution in [-0.4, -0.2) is 31.8 Å². The quantitative estimate of drug-likeness (QED) is 0.394. The molecule has 1 amide bonds. The average molecular weight is 385 g/mol. The number of benzene rings is 1. The van der Waals surface area contributed by atoms with E-state index in [1.807, 2.05) is 6.07 Å². The third-order valence-corrected chi connectivity index (χ3v) is 4.30. The predicted molar refractivity (Wildman–Crippen MR) is 97.7 cm³/mol. The summed E-state index contributed by atoms with van der Waals surface area (Å²) >= 11 is 1.16.